The van der Waals surface area contributed by atoms with Crippen molar-refractivity contribution in [3.63, 3.8) is 0 Å². The summed E-state index contributed by atoms with van der Waals surface area (Å²) in [5, 5.41) is 0. The summed E-state index contributed by atoms with van der Waals surface area (Å²) in [6.07, 6.45) is 2.10. The average Bonchev–Trinajstić information content (AvgIpc) is 3.12. The molecule has 1 N–H and O–H groups in total. The lowest BCUT2D eigenvalue weighted by Gasteiger charge is -2.14. The highest BCUT2D eigenvalue weighted by Crippen LogP contribution is 2.25. The normalized spacial score (nSPS) is 11.0. The minimum Gasteiger partial charge on any atom is -0.497 e. The van der Waals surface area contributed by atoms with Gasteiger partial charge in [0.15, 0.2) is 5.65 Å². The van der Waals surface area contributed by atoms with Crippen LogP contribution in [0, 0.1) is 0 Å². The van der Waals surface area contributed by atoms with Crippen LogP contribution in [0.3, 0.4) is 0 Å². The molecule has 0 saturated heterocycles. The number of nitrogens with zero attached hydrogens (tertiary/aromatic N) is 3. The van der Waals surface area contributed by atoms with E-state index in [0.717, 1.165) is 5.56 Å². The predicted molar refractivity (Wildman–Crippen MR) is 93.6 cm³/mol. The van der Waals surface area contributed by atoms with Crippen LogP contribution in [0.15, 0.2) is 34.1 Å². The number of ether oxygens (including phenoxy) is 2. The molecule has 3 aromatic rings. The molecule has 3 rings (SSSR count). The number of aromatic nitrogens is 4. The maximum absolute atomic E-state index is 12.8. The Morgan fingerprint density at radius 2 is 1.96 bits per heavy atom. The zero-order valence-electron chi connectivity index (χ0n) is 14.4. The van der Waals surface area contributed by atoms with Gasteiger partial charge in [0, 0.05) is 18.2 Å². The number of fused-ring (bicyclic) bond motifs is 1. The van der Waals surface area contributed by atoms with Gasteiger partial charge in [0.1, 0.15) is 17.0 Å². The van der Waals surface area contributed by atoms with E-state index < -0.39 is 0 Å². The predicted octanol–water partition coefficient (Wildman–Crippen LogP) is 1.36. The number of nitrogens with one attached hydrogen (secondary N) is 1. The fourth-order valence-corrected chi connectivity index (χ4v) is 2.82. The Balaban J connectivity index is 2.18. The highest BCUT2D eigenvalue weighted by Gasteiger charge is 2.16. The number of benzene rings is 1. The Kier molecular flexibility index (Phi) is 4.60. The third-order valence-electron chi connectivity index (χ3n) is 4.07. The first-order valence-electron chi connectivity index (χ1n) is 7.98. The van der Waals surface area contributed by atoms with Gasteiger partial charge in [-0.2, -0.15) is 0 Å². The number of H-pyrrole nitrogens is 1. The maximum Gasteiger partial charge on any atom is 0.333 e. The van der Waals surface area contributed by atoms with Gasteiger partial charge in [0.25, 0.3) is 5.56 Å². The van der Waals surface area contributed by atoms with E-state index in [2.05, 4.69) is 9.97 Å². The van der Waals surface area contributed by atoms with E-state index >= 15 is 0 Å². The first-order chi connectivity index (χ1) is 12.1. The molecule has 0 fully saturated rings. The van der Waals surface area contributed by atoms with Crippen molar-refractivity contribution >= 4 is 11.2 Å². The summed E-state index contributed by atoms with van der Waals surface area (Å²) in [4.78, 5) is 32.3. The highest BCUT2D eigenvalue weighted by atomic mass is 16.5. The van der Waals surface area contributed by atoms with E-state index in [-0.39, 0.29) is 17.8 Å². The van der Waals surface area contributed by atoms with Crippen molar-refractivity contribution in [1.82, 2.24) is 19.1 Å². The Labute approximate surface area is 143 Å². The molecule has 25 heavy (non-hydrogen) atoms. The minimum absolute atomic E-state index is 0.233. The average molecular weight is 344 g/mol. The Morgan fingerprint density at radius 1 is 1.16 bits per heavy atom. The molecule has 0 atom stereocenters. The molecular weight excluding hydrogens is 324 g/mol. The van der Waals surface area contributed by atoms with Crippen LogP contribution in [0.1, 0.15) is 18.9 Å². The maximum atomic E-state index is 12.8. The summed E-state index contributed by atoms with van der Waals surface area (Å²) < 4.78 is 13.3. The molecule has 0 radical (unpaired) electrons. The van der Waals surface area contributed by atoms with E-state index in [0.29, 0.717) is 35.6 Å². The van der Waals surface area contributed by atoms with Crippen LogP contribution in [0.4, 0.5) is 0 Å². The van der Waals surface area contributed by atoms with Gasteiger partial charge in [-0.15, -0.1) is 0 Å². The zero-order valence-corrected chi connectivity index (χ0v) is 14.4. The molecule has 0 amide bonds. The fraction of sp³-hybridized carbons (Fsp3) is 0.353. The van der Waals surface area contributed by atoms with Gasteiger partial charge in [0.05, 0.1) is 27.1 Å². The molecule has 8 nitrogen and oxygen atoms in total. The van der Waals surface area contributed by atoms with Crippen molar-refractivity contribution < 1.29 is 9.47 Å². The summed E-state index contributed by atoms with van der Waals surface area (Å²) >= 11 is 0. The number of rotatable bonds is 6. The van der Waals surface area contributed by atoms with Crippen LogP contribution in [0.5, 0.6) is 11.5 Å². The highest BCUT2D eigenvalue weighted by molar-refractivity contribution is 5.69. The molecule has 0 unspecified atom stereocenters. The molecule has 132 valence electrons. The molecule has 0 bridgehead atoms. The van der Waals surface area contributed by atoms with Gasteiger partial charge in [0.2, 0.25) is 0 Å². The van der Waals surface area contributed by atoms with Crippen LogP contribution in [-0.4, -0.2) is 33.3 Å². The summed E-state index contributed by atoms with van der Waals surface area (Å²) in [5.41, 5.74) is 0.707. The van der Waals surface area contributed by atoms with Crippen LogP contribution < -0.4 is 20.7 Å². The third-order valence-corrected chi connectivity index (χ3v) is 4.07. The number of methoxy groups -OCH3 is 2. The van der Waals surface area contributed by atoms with Gasteiger partial charge in [-0.25, -0.2) is 9.78 Å². The first-order valence-corrected chi connectivity index (χ1v) is 7.98. The monoisotopic (exact) mass is 344 g/mol. The Bertz CT molecular complexity index is 1020. The van der Waals surface area contributed by atoms with Crippen LogP contribution in [0.2, 0.25) is 0 Å². The van der Waals surface area contributed by atoms with E-state index in [1.807, 2.05) is 13.0 Å². The van der Waals surface area contributed by atoms with Crippen molar-refractivity contribution in [2.45, 2.75) is 26.4 Å². The van der Waals surface area contributed by atoms with Gasteiger partial charge in [-0.05, 0) is 18.6 Å². The van der Waals surface area contributed by atoms with E-state index in [4.69, 9.17) is 9.47 Å². The number of aromatic amines is 1. The molecule has 2 heterocycles. The smallest absolute Gasteiger partial charge is 0.333 e. The molecule has 2 aromatic heterocycles. The van der Waals surface area contributed by atoms with Crippen molar-refractivity contribution in [2.75, 3.05) is 14.2 Å². The molecule has 0 spiro atoms. The Morgan fingerprint density at radius 3 is 2.64 bits per heavy atom. The molecule has 1 aromatic carbocycles. The number of hydrogen-bond acceptors (Lipinski definition) is 5. The summed E-state index contributed by atoms with van der Waals surface area (Å²) in [5.74, 6) is 1.26. The van der Waals surface area contributed by atoms with Gasteiger partial charge in [-0.1, -0.05) is 6.92 Å². The second-order valence-corrected chi connectivity index (χ2v) is 5.60. The summed E-state index contributed by atoms with van der Waals surface area (Å²) in [6, 6.07) is 5.38. The fourth-order valence-electron chi connectivity index (χ4n) is 2.82. The molecule has 0 aliphatic rings. The van der Waals surface area contributed by atoms with Gasteiger partial charge >= 0.3 is 5.69 Å². The third kappa shape index (κ3) is 2.90. The molecule has 0 aliphatic carbocycles. The van der Waals surface area contributed by atoms with E-state index in [9.17, 15) is 9.59 Å². The van der Waals surface area contributed by atoms with Crippen molar-refractivity contribution in [2.24, 2.45) is 0 Å². The first kappa shape index (κ1) is 16.8. The van der Waals surface area contributed by atoms with Crippen LogP contribution in [-0.2, 0) is 13.1 Å². The van der Waals surface area contributed by atoms with E-state index in [1.54, 1.807) is 26.4 Å². The van der Waals surface area contributed by atoms with Crippen molar-refractivity contribution in [1.29, 1.82) is 0 Å². The lowest BCUT2D eigenvalue weighted by molar-refractivity contribution is 0.390. The topological polar surface area (TPSA) is 91.1 Å². The minimum atomic E-state index is -0.385. The van der Waals surface area contributed by atoms with Crippen molar-refractivity contribution in [3.05, 3.63) is 50.9 Å². The largest absolute Gasteiger partial charge is 0.497 e. The second kappa shape index (κ2) is 6.84. The molecule has 8 heteroatoms. The summed E-state index contributed by atoms with van der Waals surface area (Å²) in [6.45, 7) is 2.50. The number of imidazole rings is 1. The van der Waals surface area contributed by atoms with Crippen LogP contribution >= 0.6 is 0 Å². The standard InChI is InChI=1S/C17H20N4O4/c1-4-7-20-16(22)14-15(19-10-18-14)21(17(20)23)9-11-5-6-12(24-2)8-13(11)25-3/h5-6,8,10H,4,7,9H2,1-3H3,(H,18,19). The molecular formula is C17H20N4O4. The lowest BCUT2D eigenvalue weighted by atomic mass is 10.2. The Hall–Kier alpha value is -3.03. The lowest BCUT2D eigenvalue weighted by Crippen LogP contribution is -2.40. The number of hydrogen-bond donors (Lipinski definition) is 1. The molecule has 0 aliphatic heterocycles. The SMILES string of the molecule is CCCn1c(=O)c2[nH]cnc2n(Cc2ccc(OC)cc2OC)c1=O. The molecule has 0 saturated carbocycles. The quantitative estimate of drug-likeness (QED) is 0.729. The van der Waals surface area contributed by atoms with Crippen molar-refractivity contribution in [3.8, 4) is 11.5 Å². The second-order valence-electron chi connectivity index (χ2n) is 5.60. The van der Waals surface area contributed by atoms with E-state index in [1.165, 1.54) is 15.5 Å². The zero-order chi connectivity index (χ0) is 18.0. The van der Waals surface area contributed by atoms with Gasteiger partial charge < -0.3 is 14.5 Å². The van der Waals surface area contributed by atoms with Gasteiger partial charge in [-0.3, -0.25) is 13.9 Å². The van der Waals surface area contributed by atoms with Crippen LogP contribution in [0.25, 0.3) is 11.2 Å². The summed E-state index contributed by atoms with van der Waals surface area (Å²) in [7, 11) is 3.13.